The van der Waals surface area contributed by atoms with Crippen LogP contribution in [0.15, 0.2) is 68.7 Å². The Bertz CT molecular complexity index is 795. The molecular weight excluding hydrogens is 400 g/mol. The maximum atomic E-state index is 5.72. The van der Waals surface area contributed by atoms with Gasteiger partial charge in [-0.05, 0) is 29.7 Å². The Hall–Kier alpha value is -1.79. The number of rotatable bonds is 8. The third kappa shape index (κ3) is 5.61. The third-order valence-electron chi connectivity index (χ3n) is 3.67. The maximum Gasteiger partial charge on any atom is 0.276 e. The molecule has 2 aromatic carbocycles. The normalized spacial score (nSPS) is 12.1. The minimum atomic E-state index is 0.347. The summed E-state index contributed by atoms with van der Waals surface area (Å²) in [5.41, 5.74) is 1.28. The van der Waals surface area contributed by atoms with Gasteiger partial charge in [0.05, 0.1) is 6.61 Å². The molecule has 25 heavy (non-hydrogen) atoms. The first-order chi connectivity index (χ1) is 12.2. The predicted octanol–water partition coefficient (Wildman–Crippen LogP) is 5.35. The van der Waals surface area contributed by atoms with E-state index in [1.54, 1.807) is 0 Å². The Labute approximate surface area is 160 Å². The Kier molecular flexibility index (Phi) is 6.53. The quantitative estimate of drug-likeness (QED) is 0.364. The van der Waals surface area contributed by atoms with Gasteiger partial charge in [-0.1, -0.05) is 71.0 Å². The monoisotopic (exact) mass is 418 g/mol. The Morgan fingerprint density at radius 2 is 1.96 bits per heavy atom. The highest BCUT2D eigenvalue weighted by molar-refractivity contribution is 9.10. The number of hydrogen-bond acceptors (Lipinski definition) is 5. The first kappa shape index (κ1) is 18.0. The molecule has 0 aliphatic carbocycles. The van der Waals surface area contributed by atoms with E-state index in [4.69, 9.17) is 9.15 Å². The van der Waals surface area contributed by atoms with E-state index in [1.807, 2.05) is 42.5 Å². The fraction of sp³-hybridized carbons (Fsp3) is 0.263. The van der Waals surface area contributed by atoms with Crippen molar-refractivity contribution in [2.75, 3.05) is 12.4 Å². The Morgan fingerprint density at radius 3 is 2.76 bits per heavy atom. The van der Waals surface area contributed by atoms with Crippen molar-refractivity contribution in [1.29, 1.82) is 0 Å². The molecule has 130 valence electrons. The number of aromatic nitrogens is 2. The first-order valence-corrected chi connectivity index (χ1v) is 9.87. The average Bonchev–Trinajstić information content (AvgIpc) is 3.07. The summed E-state index contributed by atoms with van der Waals surface area (Å²) < 4.78 is 12.4. The molecule has 1 aromatic heterocycles. The van der Waals surface area contributed by atoms with Crippen LogP contribution in [0.4, 0.5) is 0 Å². The van der Waals surface area contributed by atoms with Crippen LogP contribution in [0.3, 0.4) is 0 Å². The van der Waals surface area contributed by atoms with Crippen LogP contribution in [-0.2, 0) is 6.42 Å². The van der Waals surface area contributed by atoms with Gasteiger partial charge >= 0.3 is 0 Å². The van der Waals surface area contributed by atoms with Crippen LogP contribution in [0.2, 0.25) is 0 Å². The molecule has 1 atom stereocenters. The molecule has 0 fully saturated rings. The first-order valence-electron chi connectivity index (χ1n) is 8.09. The second-order valence-corrected chi connectivity index (χ2v) is 7.59. The van der Waals surface area contributed by atoms with E-state index in [9.17, 15) is 0 Å². The molecule has 6 heteroatoms. The SMILES string of the molecule is CC(Cc1nnc(SCCOc2cccc(Br)c2)o1)c1ccccc1. The molecule has 0 radical (unpaired) electrons. The van der Waals surface area contributed by atoms with Gasteiger partial charge in [0, 0.05) is 16.6 Å². The zero-order chi connectivity index (χ0) is 17.5. The van der Waals surface area contributed by atoms with Gasteiger partial charge < -0.3 is 9.15 Å². The summed E-state index contributed by atoms with van der Waals surface area (Å²) in [6.45, 7) is 2.75. The van der Waals surface area contributed by atoms with E-state index >= 15 is 0 Å². The zero-order valence-electron chi connectivity index (χ0n) is 13.9. The minimum absolute atomic E-state index is 0.347. The highest BCUT2D eigenvalue weighted by Crippen LogP contribution is 2.23. The van der Waals surface area contributed by atoms with E-state index in [0.29, 0.717) is 23.6 Å². The minimum Gasteiger partial charge on any atom is -0.493 e. The standard InChI is InChI=1S/C19H19BrN2O2S/c1-14(15-6-3-2-4-7-15)12-18-21-22-19(24-18)25-11-10-23-17-9-5-8-16(20)13-17/h2-9,13-14H,10-12H2,1H3. The number of benzene rings is 2. The summed E-state index contributed by atoms with van der Waals surface area (Å²) in [5.74, 6) is 2.62. The lowest BCUT2D eigenvalue weighted by Gasteiger charge is -2.08. The van der Waals surface area contributed by atoms with E-state index in [2.05, 4.69) is 45.2 Å². The van der Waals surface area contributed by atoms with Gasteiger partial charge in [-0.15, -0.1) is 10.2 Å². The molecule has 0 saturated carbocycles. The van der Waals surface area contributed by atoms with Crippen molar-refractivity contribution < 1.29 is 9.15 Å². The summed E-state index contributed by atoms with van der Waals surface area (Å²) in [4.78, 5) is 0. The molecule has 0 bridgehead atoms. The van der Waals surface area contributed by atoms with Crippen LogP contribution >= 0.6 is 27.7 Å². The number of halogens is 1. The van der Waals surface area contributed by atoms with Crippen LogP contribution in [0.1, 0.15) is 24.3 Å². The van der Waals surface area contributed by atoms with Gasteiger partial charge in [-0.3, -0.25) is 0 Å². The number of thioether (sulfide) groups is 1. The summed E-state index contributed by atoms with van der Waals surface area (Å²) in [7, 11) is 0. The molecule has 1 unspecified atom stereocenters. The van der Waals surface area contributed by atoms with Crippen LogP contribution < -0.4 is 4.74 Å². The predicted molar refractivity (Wildman–Crippen MR) is 103 cm³/mol. The van der Waals surface area contributed by atoms with Crippen molar-refractivity contribution in [3.05, 3.63) is 70.5 Å². The molecular formula is C19H19BrN2O2S. The summed E-state index contributed by atoms with van der Waals surface area (Å²) in [6, 6.07) is 18.2. The van der Waals surface area contributed by atoms with E-state index in [1.165, 1.54) is 17.3 Å². The van der Waals surface area contributed by atoms with Gasteiger partial charge in [0.2, 0.25) is 5.89 Å². The molecule has 1 heterocycles. The second kappa shape index (κ2) is 9.06. The fourth-order valence-electron chi connectivity index (χ4n) is 2.39. The topological polar surface area (TPSA) is 48.2 Å². The fourth-order valence-corrected chi connectivity index (χ4v) is 3.36. The molecule has 0 saturated heterocycles. The highest BCUT2D eigenvalue weighted by atomic mass is 79.9. The summed E-state index contributed by atoms with van der Waals surface area (Å²) in [5, 5.41) is 8.84. The van der Waals surface area contributed by atoms with Crippen LogP contribution in [0, 0.1) is 0 Å². The molecule has 0 spiro atoms. The number of nitrogens with zero attached hydrogens (tertiary/aromatic N) is 2. The van der Waals surface area contributed by atoms with Crippen molar-refractivity contribution in [3.8, 4) is 5.75 Å². The van der Waals surface area contributed by atoms with Crippen molar-refractivity contribution in [2.45, 2.75) is 24.5 Å². The van der Waals surface area contributed by atoms with E-state index in [-0.39, 0.29) is 0 Å². The second-order valence-electron chi connectivity index (χ2n) is 5.63. The van der Waals surface area contributed by atoms with Gasteiger partial charge in [0.1, 0.15) is 5.75 Å². The van der Waals surface area contributed by atoms with E-state index < -0.39 is 0 Å². The number of hydrogen-bond donors (Lipinski definition) is 0. The van der Waals surface area contributed by atoms with Crippen LogP contribution in [0.5, 0.6) is 5.75 Å². The molecule has 0 aliphatic rings. The van der Waals surface area contributed by atoms with Gasteiger partial charge in [0.25, 0.3) is 5.22 Å². The largest absolute Gasteiger partial charge is 0.493 e. The third-order valence-corrected chi connectivity index (χ3v) is 4.95. The average molecular weight is 419 g/mol. The molecule has 0 amide bonds. The Morgan fingerprint density at radius 1 is 1.12 bits per heavy atom. The zero-order valence-corrected chi connectivity index (χ0v) is 16.3. The molecule has 0 aliphatic heterocycles. The molecule has 3 aromatic rings. The van der Waals surface area contributed by atoms with Crippen molar-refractivity contribution in [3.63, 3.8) is 0 Å². The van der Waals surface area contributed by atoms with Gasteiger partial charge in [-0.25, -0.2) is 0 Å². The molecule has 0 N–H and O–H groups in total. The van der Waals surface area contributed by atoms with Crippen molar-refractivity contribution in [2.24, 2.45) is 0 Å². The lowest BCUT2D eigenvalue weighted by Crippen LogP contribution is -1.99. The van der Waals surface area contributed by atoms with Gasteiger partial charge in [-0.2, -0.15) is 0 Å². The van der Waals surface area contributed by atoms with Crippen LogP contribution in [0.25, 0.3) is 0 Å². The molecule has 4 nitrogen and oxygen atoms in total. The van der Waals surface area contributed by atoms with E-state index in [0.717, 1.165) is 22.4 Å². The van der Waals surface area contributed by atoms with Crippen molar-refractivity contribution >= 4 is 27.7 Å². The Balaban J connectivity index is 1.44. The van der Waals surface area contributed by atoms with Gasteiger partial charge in [0.15, 0.2) is 0 Å². The summed E-state index contributed by atoms with van der Waals surface area (Å²) in [6.07, 6.45) is 0.742. The summed E-state index contributed by atoms with van der Waals surface area (Å²) >= 11 is 4.94. The smallest absolute Gasteiger partial charge is 0.276 e. The van der Waals surface area contributed by atoms with Crippen molar-refractivity contribution in [1.82, 2.24) is 10.2 Å². The molecule has 3 rings (SSSR count). The van der Waals surface area contributed by atoms with Crippen LogP contribution in [-0.4, -0.2) is 22.6 Å². The lowest BCUT2D eigenvalue weighted by molar-refractivity contribution is 0.342. The highest BCUT2D eigenvalue weighted by Gasteiger charge is 2.12. The number of ether oxygens (including phenoxy) is 1. The maximum absolute atomic E-state index is 5.72. The lowest BCUT2D eigenvalue weighted by atomic mass is 9.98.